The van der Waals surface area contributed by atoms with E-state index in [9.17, 15) is 4.79 Å². The molecule has 4 aromatic rings. The summed E-state index contributed by atoms with van der Waals surface area (Å²) in [5.74, 6) is 4.28. The van der Waals surface area contributed by atoms with Gasteiger partial charge in [0.05, 0.1) is 27.0 Å². The number of imidazole rings is 1. The van der Waals surface area contributed by atoms with Crippen molar-refractivity contribution in [3.63, 3.8) is 0 Å². The Morgan fingerprint density at radius 1 is 0.861 bits per heavy atom. The SMILES string of the molecule is COc1cc(NC(=O)Nc2ccc(Oc3cc(-n4ccnc4C)nc(C)n3)cc2)cc(OC)c1OC. The molecule has 0 spiro atoms. The Morgan fingerprint density at radius 3 is 2.11 bits per heavy atom. The summed E-state index contributed by atoms with van der Waals surface area (Å²) in [6, 6.07) is 11.5. The van der Waals surface area contributed by atoms with E-state index in [1.807, 2.05) is 17.7 Å². The van der Waals surface area contributed by atoms with Gasteiger partial charge < -0.3 is 29.6 Å². The lowest BCUT2D eigenvalue weighted by molar-refractivity contribution is 0.262. The summed E-state index contributed by atoms with van der Waals surface area (Å²) in [4.78, 5) is 25.6. The predicted molar refractivity (Wildman–Crippen MR) is 134 cm³/mol. The number of hydrogen-bond acceptors (Lipinski definition) is 8. The first kappa shape index (κ1) is 24.3. The summed E-state index contributed by atoms with van der Waals surface area (Å²) in [5.41, 5.74) is 1.05. The Labute approximate surface area is 208 Å². The smallest absolute Gasteiger partial charge is 0.323 e. The van der Waals surface area contributed by atoms with Crippen LogP contribution in [0.5, 0.6) is 28.9 Å². The molecule has 11 heteroatoms. The minimum absolute atomic E-state index is 0.395. The number of anilines is 2. The van der Waals surface area contributed by atoms with Crippen molar-refractivity contribution in [2.75, 3.05) is 32.0 Å². The largest absolute Gasteiger partial charge is 0.493 e. The van der Waals surface area contributed by atoms with Gasteiger partial charge in [-0.25, -0.2) is 14.8 Å². The second-order valence-electron chi connectivity index (χ2n) is 7.58. The number of methoxy groups -OCH3 is 3. The molecule has 2 heterocycles. The van der Waals surface area contributed by atoms with E-state index in [1.54, 1.807) is 55.6 Å². The molecule has 0 aliphatic carbocycles. The Balaban J connectivity index is 1.42. The molecule has 0 radical (unpaired) electrons. The summed E-state index contributed by atoms with van der Waals surface area (Å²) in [7, 11) is 4.53. The van der Waals surface area contributed by atoms with Gasteiger partial charge in [0.15, 0.2) is 11.5 Å². The van der Waals surface area contributed by atoms with Crippen LogP contribution >= 0.6 is 0 Å². The van der Waals surface area contributed by atoms with E-state index in [-0.39, 0.29) is 0 Å². The third-order valence-electron chi connectivity index (χ3n) is 5.13. The van der Waals surface area contributed by atoms with Crippen LogP contribution in [0.1, 0.15) is 11.6 Å². The van der Waals surface area contributed by atoms with Gasteiger partial charge in [0, 0.05) is 36.3 Å². The number of ether oxygens (including phenoxy) is 4. The molecule has 0 saturated carbocycles. The van der Waals surface area contributed by atoms with E-state index in [0.29, 0.717) is 51.9 Å². The molecule has 0 fully saturated rings. The molecule has 0 bridgehead atoms. The highest BCUT2D eigenvalue weighted by molar-refractivity contribution is 6.00. The highest BCUT2D eigenvalue weighted by atomic mass is 16.5. The molecule has 0 atom stereocenters. The average Bonchev–Trinajstić information content (AvgIpc) is 3.30. The minimum Gasteiger partial charge on any atom is -0.493 e. The Kier molecular flexibility index (Phi) is 7.19. The maximum absolute atomic E-state index is 12.5. The number of aromatic nitrogens is 4. The number of aryl methyl sites for hydroxylation is 2. The lowest BCUT2D eigenvalue weighted by Crippen LogP contribution is -2.19. The molecule has 2 aromatic carbocycles. The van der Waals surface area contributed by atoms with Crippen molar-refractivity contribution in [2.45, 2.75) is 13.8 Å². The number of carbonyl (C=O) groups excluding carboxylic acids is 1. The van der Waals surface area contributed by atoms with Gasteiger partial charge in [-0.1, -0.05) is 0 Å². The lowest BCUT2D eigenvalue weighted by Gasteiger charge is -2.15. The molecular weight excluding hydrogens is 464 g/mol. The number of carbonyl (C=O) groups is 1. The number of amides is 2. The molecule has 4 rings (SSSR count). The maximum atomic E-state index is 12.5. The second-order valence-corrected chi connectivity index (χ2v) is 7.58. The lowest BCUT2D eigenvalue weighted by atomic mass is 10.2. The van der Waals surface area contributed by atoms with Crippen LogP contribution < -0.4 is 29.6 Å². The molecule has 2 amide bonds. The number of benzene rings is 2. The monoisotopic (exact) mass is 490 g/mol. The van der Waals surface area contributed by atoms with Gasteiger partial charge in [0.2, 0.25) is 11.6 Å². The van der Waals surface area contributed by atoms with Crippen LogP contribution in [0.15, 0.2) is 54.9 Å². The fraction of sp³-hybridized carbons (Fsp3) is 0.200. The average molecular weight is 491 g/mol. The molecule has 0 aliphatic rings. The number of rotatable bonds is 8. The van der Waals surface area contributed by atoms with E-state index in [4.69, 9.17) is 18.9 Å². The third kappa shape index (κ3) is 5.46. The molecule has 11 nitrogen and oxygen atoms in total. The van der Waals surface area contributed by atoms with E-state index >= 15 is 0 Å². The number of nitrogens with one attached hydrogen (secondary N) is 2. The first-order valence-electron chi connectivity index (χ1n) is 10.9. The van der Waals surface area contributed by atoms with E-state index < -0.39 is 6.03 Å². The quantitative estimate of drug-likeness (QED) is 0.363. The highest BCUT2D eigenvalue weighted by Gasteiger charge is 2.15. The van der Waals surface area contributed by atoms with Crippen molar-refractivity contribution in [3.05, 3.63) is 66.5 Å². The van der Waals surface area contributed by atoms with Gasteiger partial charge in [-0.3, -0.25) is 4.57 Å². The molecule has 2 N–H and O–H groups in total. The van der Waals surface area contributed by atoms with Crippen LogP contribution in [0.4, 0.5) is 16.2 Å². The van der Waals surface area contributed by atoms with Crippen LogP contribution in [0.3, 0.4) is 0 Å². The van der Waals surface area contributed by atoms with Gasteiger partial charge in [-0.2, -0.15) is 4.98 Å². The molecule has 186 valence electrons. The molecule has 0 aliphatic heterocycles. The third-order valence-corrected chi connectivity index (χ3v) is 5.13. The Bertz CT molecular complexity index is 1340. The summed E-state index contributed by atoms with van der Waals surface area (Å²) >= 11 is 0. The number of urea groups is 1. The van der Waals surface area contributed by atoms with Crippen molar-refractivity contribution in [1.82, 2.24) is 19.5 Å². The van der Waals surface area contributed by atoms with Gasteiger partial charge in [0.1, 0.15) is 23.2 Å². The minimum atomic E-state index is -0.440. The first-order chi connectivity index (χ1) is 17.4. The van der Waals surface area contributed by atoms with Crippen molar-refractivity contribution in [3.8, 4) is 34.7 Å². The molecule has 36 heavy (non-hydrogen) atoms. The van der Waals surface area contributed by atoms with Crippen LogP contribution in [0.2, 0.25) is 0 Å². The number of nitrogens with zero attached hydrogens (tertiary/aromatic N) is 4. The maximum Gasteiger partial charge on any atom is 0.323 e. The zero-order chi connectivity index (χ0) is 25.7. The van der Waals surface area contributed by atoms with Crippen molar-refractivity contribution >= 4 is 17.4 Å². The summed E-state index contributed by atoms with van der Waals surface area (Å²) < 4.78 is 23.7. The molecule has 0 saturated heterocycles. The normalized spacial score (nSPS) is 10.5. The zero-order valence-corrected chi connectivity index (χ0v) is 20.5. The Morgan fingerprint density at radius 2 is 1.53 bits per heavy atom. The van der Waals surface area contributed by atoms with Gasteiger partial charge in [-0.05, 0) is 38.1 Å². The number of hydrogen-bond donors (Lipinski definition) is 2. The van der Waals surface area contributed by atoms with E-state index in [2.05, 4.69) is 25.6 Å². The predicted octanol–water partition coefficient (Wildman–Crippen LogP) is 4.74. The Hall–Kier alpha value is -4.80. The van der Waals surface area contributed by atoms with Crippen LogP contribution in [0, 0.1) is 13.8 Å². The van der Waals surface area contributed by atoms with Crippen LogP contribution in [-0.2, 0) is 0 Å². The van der Waals surface area contributed by atoms with Crippen molar-refractivity contribution in [2.24, 2.45) is 0 Å². The molecule has 0 unspecified atom stereocenters. The van der Waals surface area contributed by atoms with Gasteiger partial charge in [-0.15, -0.1) is 0 Å². The fourth-order valence-electron chi connectivity index (χ4n) is 3.49. The standard InChI is InChI=1S/C25H26N6O5/c1-15-27-22(31-11-10-26-16(31)2)14-23(28-15)36-19-8-6-17(7-9-19)29-25(32)30-18-12-20(33-3)24(35-5)21(13-18)34-4/h6-14H,1-5H3,(H2,29,30,32). The first-order valence-corrected chi connectivity index (χ1v) is 10.9. The zero-order valence-electron chi connectivity index (χ0n) is 20.5. The van der Waals surface area contributed by atoms with Crippen molar-refractivity contribution in [1.29, 1.82) is 0 Å². The van der Waals surface area contributed by atoms with Gasteiger partial charge in [0.25, 0.3) is 0 Å². The summed E-state index contributed by atoms with van der Waals surface area (Å²) in [6.45, 7) is 3.68. The van der Waals surface area contributed by atoms with E-state index in [1.165, 1.54) is 21.3 Å². The van der Waals surface area contributed by atoms with Gasteiger partial charge >= 0.3 is 6.03 Å². The topological polar surface area (TPSA) is 122 Å². The van der Waals surface area contributed by atoms with Crippen molar-refractivity contribution < 1.29 is 23.7 Å². The second kappa shape index (κ2) is 10.6. The fourth-order valence-corrected chi connectivity index (χ4v) is 3.49. The molecular formula is C25H26N6O5. The van der Waals surface area contributed by atoms with Crippen LogP contribution in [0.25, 0.3) is 5.82 Å². The summed E-state index contributed by atoms with van der Waals surface area (Å²) in [5, 5.41) is 5.53. The van der Waals surface area contributed by atoms with E-state index in [0.717, 1.165) is 5.82 Å². The highest BCUT2D eigenvalue weighted by Crippen LogP contribution is 2.40. The summed E-state index contributed by atoms with van der Waals surface area (Å²) in [6.07, 6.45) is 3.53. The molecule has 2 aromatic heterocycles. The van der Waals surface area contributed by atoms with Crippen LogP contribution in [-0.4, -0.2) is 46.9 Å².